The van der Waals surface area contributed by atoms with E-state index in [1.165, 1.54) is 0 Å². The number of hydrogen-bond acceptors (Lipinski definition) is 9. The lowest BCUT2D eigenvalue weighted by Gasteiger charge is -2.58. The number of Topliss-reactive ketones (excluding diaryl/α,β-unsaturated/α-hetero) is 3. The fourth-order valence-corrected chi connectivity index (χ4v) is 10.3. The zero-order valence-corrected chi connectivity index (χ0v) is 28.3. The average Bonchev–Trinajstić information content (AvgIpc) is 3.31. The van der Waals surface area contributed by atoms with Gasteiger partial charge in [-0.1, -0.05) is 20.8 Å². The van der Waals surface area contributed by atoms with Crippen molar-refractivity contribution >= 4 is 39.4 Å². The van der Waals surface area contributed by atoms with Gasteiger partial charge in [0.25, 0.3) is 10.1 Å². The molecule has 4 aliphatic rings. The van der Waals surface area contributed by atoms with E-state index in [1.54, 1.807) is 0 Å². The van der Waals surface area contributed by atoms with Crippen molar-refractivity contribution in [1.82, 2.24) is 0 Å². The summed E-state index contributed by atoms with van der Waals surface area (Å²) in [7, 11) is -5.91. The van der Waals surface area contributed by atoms with Crippen molar-refractivity contribution in [3.63, 3.8) is 0 Å². The molecule has 7 unspecified atom stereocenters. The van der Waals surface area contributed by atoms with Gasteiger partial charge in [-0.25, -0.2) is 0 Å². The topological polar surface area (TPSA) is 158 Å². The molecule has 17 heteroatoms. The van der Waals surface area contributed by atoms with Gasteiger partial charge >= 0.3 is 29.9 Å². The van der Waals surface area contributed by atoms with E-state index < -0.39 is 70.6 Å². The average molecular weight is 733 g/mol. The van der Waals surface area contributed by atoms with Gasteiger partial charge in [-0.3, -0.25) is 28.5 Å². The quantitative estimate of drug-likeness (QED) is 0.123. The van der Waals surface area contributed by atoms with Crippen molar-refractivity contribution in [3.8, 4) is 0 Å². The van der Waals surface area contributed by atoms with E-state index in [0.29, 0.717) is 44.9 Å². The molecule has 278 valence electrons. The molecule has 10 nitrogen and oxygen atoms in total. The van der Waals surface area contributed by atoms with Crippen LogP contribution in [0.25, 0.3) is 0 Å². The first kappa shape index (κ1) is 39.2. The molecule has 49 heavy (non-hydrogen) atoms. The Morgan fingerprint density at radius 2 is 1.57 bits per heavy atom. The number of halogens is 6. The Kier molecular flexibility index (Phi) is 10.8. The summed E-state index contributed by atoms with van der Waals surface area (Å²) in [5, 5.41) is 0. The highest BCUT2D eigenvalue weighted by Crippen LogP contribution is 2.66. The summed E-state index contributed by atoms with van der Waals surface area (Å²) >= 11 is 0. The molecule has 0 aromatic heterocycles. The maximum absolute atomic E-state index is 13.9. The Balaban J connectivity index is 1.30. The molecular weight excluding hydrogens is 690 g/mol. The third-order valence-corrected chi connectivity index (χ3v) is 12.9. The van der Waals surface area contributed by atoms with Crippen molar-refractivity contribution in [3.05, 3.63) is 0 Å². The van der Waals surface area contributed by atoms with Crippen molar-refractivity contribution in [2.24, 2.45) is 46.3 Å². The Labute approximate surface area is 280 Å². The lowest BCUT2D eigenvalue weighted by Crippen LogP contribution is -2.63. The molecule has 0 bridgehead atoms. The second kappa shape index (κ2) is 13.5. The zero-order chi connectivity index (χ0) is 37.0. The molecule has 0 radical (unpaired) electrons. The van der Waals surface area contributed by atoms with Gasteiger partial charge in [-0.2, -0.15) is 34.8 Å². The van der Waals surface area contributed by atoms with Crippen molar-refractivity contribution in [1.29, 1.82) is 0 Å². The third kappa shape index (κ3) is 7.43. The molecule has 0 aromatic carbocycles. The molecule has 0 aromatic rings. The highest BCUT2D eigenvalue weighted by molar-refractivity contribution is 7.85. The smallest absolute Gasteiger partial charge is 0.438 e. The van der Waals surface area contributed by atoms with Crippen molar-refractivity contribution < 1.29 is 72.8 Å². The van der Waals surface area contributed by atoms with E-state index in [1.807, 2.05) is 13.8 Å². The molecule has 0 spiro atoms. The number of carbonyl (C=O) groups excluding carboxylic acids is 5. The van der Waals surface area contributed by atoms with E-state index in [0.717, 1.165) is 0 Å². The van der Waals surface area contributed by atoms with Gasteiger partial charge < -0.3 is 9.47 Å². The predicted molar refractivity (Wildman–Crippen MR) is 157 cm³/mol. The number of hydrogen-bond donors (Lipinski definition) is 1. The van der Waals surface area contributed by atoms with Crippen LogP contribution in [0.2, 0.25) is 0 Å². The van der Waals surface area contributed by atoms with Crippen LogP contribution in [0.15, 0.2) is 0 Å². The van der Waals surface area contributed by atoms with Crippen LogP contribution >= 0.6 is 0 Å². The van der Waals surface area contributed by atoms with E-state index in [9.17, 15) is 58.7 Å². The van der Waals surface area contributed by atoms with E-state index >= 15 is 0 Å². The lowest BCUT2D eigenvalue weighted by molar-refractivity contribution is -0.361. The summed E-state index contributed by atoms with van der Waals surface area (Å²) in [6.07, 6.45) is -10.9. The van der Waals surface area contributed by atoms with Gasteiger partial charge in [0.15, 0.2) is 0 Å². The Morgan fingerprint density at radius 3 is 2.16 bits per heavy atom. The fraction of sp³-hybridized carbons (Fsp3) is 0.844. The van der Waals surface area contributed by atoms with Crippen molar-refractivity contribution in [2.75, 3.05) is 12.4 Å². The van der Waals surface area contributed by atoms with Crippen LogP contribution in [0, 0.1) is 46.3 Å². The minimum absolute atomic E-state index is 0.0501. The molecule has 4 fully saturated rings. The number of esters is 2. The maximum atomic E-state index is 13.9. The number of alkyl halides is 6. The van der Waals surface area contributed by atoms with E-state index in [2.05, 4.69) is 11.7 Å². The van der Waals surface area contributed by atoms with Gasteiger partial charge in [0.05, 0.1) is 6.61 Å². The number of ether oxygens (including phenoxy) is 2. The largest absolute Gasteiger partial charge is 0.466 e. The highest BCUT2D eigenvalue weighted by atomic mass is 32.2. The second-order valence-corrected chi connectivity index (χ2v) is 16.3. The standard InChI is InChI=1S/C32H42F6O10S/c1-17(6-9-25(42)47-12-4-5-26(43)48-30(31(33,34)35,32(36,37)38)16-49(44,45)46)20-7-8-21-27-22(15-24(41)29(20,21)3)28(2)11-10-19(39)13-18(28)14-23(27)40/h17-18,20-22,27H,4-16H2,1-3H3,(H,44,45,46)/t17?,18?,20?,21?,22?,27-,28?,29?/m1/s1. The first-order valence-electron chi connectivity index (χ1n) is 16.4. The van der Waals surface area contributed by atoms with Crippen LogP contribution in [0.1, 0.15) is 91.4 Å². The molecular formula is C32H42F6O10S. The fourth-order valence-electron chi connectivity index (χ4n) is 9.38. The highest BCUT2D eigenvalue weighted by Gasteiger charge is 2.76. The Bertz CT molecular complexity index is 1440. The summed E-state index contributed by atoms with van der Waals surface area (Å²) in [4.78, 5) is 64.0. The molecule has 0 heterocycles. The SMILES string of the molecule is CC(CCC(=O)OCCCC(=O)OC(CS(=O)(=O)O)(C(F)(F)F)C(F)(F)F)C1CCC2[C@H]3C(=O)CC4CC(=O)CCC4(C)C3CC(=O)C12C. The first-order chi connectivity index (χ1) is 22.4. The number of fused-ring (bicyclic) bond motifs is 5. The zero-order valence-electron chi connectivity index (χ0n) is 27.5. The van der Waals surface area contributed by atoms with Gasteiger partial charge in [0.1, 0.15) is 23.1 Å². The Hall–Kier alpha value is -2.56. The lowest BCUT2D eigenvalue weighted by atomic mass is 9.44. The van der Waals surface area contributed by atoms with Crippen LogP contribution in [-0.2, 0) is 43.6 Å². The Morgan fingerprint density at radius 1 is 0.939 bits per heavy atom. The molecule has 0 saturated heterocycles. The minimum Gasteiger partial charge on any atom is -0.466 e. The summed E-state index contributed by atoms with van der Waals surface area (Å²) in [5.41, 5.74) is -6.53. The normalized spacial score (nSPS) is 32.9. The van der Waals surface area contributed by atoms with Gasteiger partial charge in [-0.05, 0) is 67.1 Å². The summed E-state index contributed by atoms with van der Waals surface area (Å²) in [6, 6.07) is 0. The second-order valence-electron chi connectivity index (χ2n) is 14.8. The van der Waals surface area contributed by atoms with Gasteiger partial charge in [0.2, 0.25) is 0 Å². The molecule has 8 atom stereocenters. The van der Waals surface area contributed by atoms with Gasteiger partial charge in [0, 0.05) is 49.9 Å². The number of ketones is 3. The summed E-state index contributed by atoms with van der Waals surface area (Å²) < 4.78 is 119. The van der Waals surface area contributed by atoms with E-state index in [4.69, 9.17) is 9.29 Å². The number of rotatable bonds is 11. The summed E-state index contributed by atoms with van der Waals surface area (Å²) in [5.74, 6) is -6.30. The van der Waals surface area contributed by atoms with Crippen LogP contribution in [-0.4, -0.2) is 72.6 Å². The predicted octanol–water partition coefficient (Wildman–Crippen LogP) is 5.61. The monoisotopic (exact) mass is 732 g/mol. The minimum atomic E-state index is -6.44. The molecule has 0 amide bonds. The van der Waals surface area contributed by atoms with Crippen LogP contribution in [0.5, 0.6) is 0 Å². The molecule has 0 aliphatic heterocycles. The molecule has 1 N–H and O–H groups in total. The van der Waals surface area contributed by atoms with Crippen LogP contribution in [0.3, 0.4) is 0 Å². The number of carbonyl (C=O) groups is 5. The molecule has 4 rings (SSSR count). The van der Waals surface area contributed by atoms with Crippen LogP contribution in [0.4, 0.5) is 26.3 Å². The third-order valence-electron chi connectivity index (χ3n) is 12.1. The molecule has 4 aliphatic carbocycles. The first-order valence-corrected chi connectivity index (χ1v) is 18.0. The summed E-state index contributed by atoms with van der Waals surface area (Å²) in [6.45, 7) is 5.36. The van der Waals surface area contributed by atoms with Gasteiger partial charge in [-0.15, -0.1) is 0 Å². The molecule has 4 saturated carbocycles. The van der Waals surface area contributed by atoms with E-state index in [-0.39, 0.29) is 71.1 Å². The van der Waals surface area contributed by atoms with Crippen LogP contribution < -0.4 is 0 Å². The maximum Gasteiger partial charge on any atom is 0.438 e. The van der Waals surface area contributed by atoms with Crippen molar-refractivity contribution in [2.45, 2.75) is 109 Å².